The first kappa shape index (κ1) is 24.9. The quantitative estimate of drug-likeness (QED) is 0.244. The number of thioether (sulfide) groups is 1. The summed E-state index contributed by atoms with van der Waals surface area (Å²) in [6, 6.07) is 21.6. The highest BCUT2D eigenvalue weighted by molar-refractivity contribution is 7.99. The predicted molar refractivity (Wildman–Crippen MR) is 139 cm³/mol. The average Bonchev–Trinajstić information content (AvgIpc) is 3.27. The molecule has 0 fully saturated rings. The molecule has 35 heavy (non-hydrogen) atoms. The summed E-state index contributed by atoms with van der Waals surface area (Å²) in [5.41, 5.74) is 1.50. The fourth-order valence-electron chi connectivity index (χ4n) is 3.14. The molecule has 0 bridgehead atoms. The normalized spacial score (nSPS) is 10.7. The van der Waals surface area contributed by atoms with Crippen molar-refractivity contribution in [1.29, 1.82) is 0 Å². The van der Waals surface area contributed by atoms with Gasteiger partial charge in [0.1, 0.15) is 18.1 Å². The Morgan fingerprint density at radius 1 is 0.886 bits per heavy atom. The van der Waals surface area contributed by atoms with Crippen LogP contribution in [0.4, 0.5) is 5.69 Å². The SMILES string of the molecule is CCOc1ccc(-n2c(COc3ccc(Cl)cc3)nnc2SCC(=O)Nc2ccc(Cl)cc2)cc1. The van der Waals surface area contributed by atoms with Gasteiger partial charge in [-0.2, -0.15) is 0 Å². The van der Waals surface area contributed by atoms with Gasteiger partial charge >= 0.3 is 0 Å². The number of nitrogens with one attached hydrogen (secondary N) is 1. The van der Waals surface area contributed by atoms with Crippen molar-refractivity contribution in [2.75, 3.05) is 17.7 Å². The smallest absolute Gasteiger partial charge is 0.234 e. The Labute approximate surface area is 217 Å². The minimum atomic E-state index is -0.169. The van der Waals surface area contributed by atoms with Crippen LogP contribution in [0.1, 0.15) is 12.7 Å². The zero-order valence-corrected chi connectivity index (χ0v) is 21.1. The molecule has 180 valence electrons. The number of hydrogen-bond acceptors (Lipinski definition) is 6. The Balaban J connectivity index is 1.51. The molecule has 0 aliphatic heterocycles. The van der Waals surface area contributed by atoms with Crippen LogP contribution in [-0.4, -0.2) is 33.0 Å². The van der Waals surface area contributed by atoms with Gasteiger partial charge in [-0.15, -0.1) is 10.2 Å². The lowest BCUT2D eigenvalue weighted by Crippen LogP contribution is -2.14. The van der Waals surface area contributed by atoms with Crippen LogP contribution in [-0.2, 0) is 11.4 Å². The lowest BCUT2D eigenvalue weighted by Gasteiger charge is -2.12. The monoisotopic (exact) mass is 528 g/mol. The van der Waals surface area contributed by atoms with Gasteiger partial charge in [0, 0.05) is 21.4 Å². The zero-order valence-electron chi connectivity index (χ0n) is 18.8. The zero-order chi connectivity index (χ0) is 24.6. The molecular formula is C25H22Cl2N4O3S. The molecule has 0 atom stereocenters. The molecule has 0 saturated heterocycles. The highest BCUT2D eigenvalue weighted by atomic mass is 35.5. The van der Waals surface area contributed by atoms with Gasteiger partial charge < -0.3 is 14.8 Å². The van der Waals surface area contributed by atoms with Crippen molar-refractivity contribution in [3.63, 3.8) is 0 Å². The van der Waals surface area contributed by atoms with Gasteiger partial charge in [0.25, 0.3) is 0 Å². The van der Waals surface area contributed by atoms with E-state index in [0.29, 0.717) is 39.1 Å². The first-order valence-electron chi connectivity index (χ1n) is 10.8. The highest BCUT2D eigenvalue weighted by Gasteiger charge is 2.17. The summed E-state index contributed by atoms with van der Waals surface area (Å²) in [5, 5.41) is 13.3. The molecule has 4 rings (SSSR count). The van der Waals surface area contributed by atoms with Crippen LogP contribution in [0.3, 0.4) is 0 Å². The van der Waals surface area contributed by atoms with Crippen molar-refractivity contribution in [2.24, 2.45) is 0 Å². The van der Waals surface area contributed by atoms with Crippen LogP contribution in [0.5, 0.6) is 11.5 Å². The Bertz CT molecular complexity index is 1260. The van der Waals surface area contributed by atoms with E-state index in [1.165, 1.54) is 11.8 Å². The van der Waals surface area contributed by atoms with Gasteiger partial charge in [-0.05, 0) is 79.7 Å². The van der Waals surface area contributed by atoms with Crippen LogP contribution in [0.15, 0.2) is 78.0 Å². The van der Waals surface area contributed by atoms with E-state index >= 15 is 0 Å². The van der Waals surface area contributed by atoms with Crippen LogP contribution in [0.2, 0.25) is 10.0 Å². The van der Waals surface area contributed by atoms with Gasteiger partial charge in [0.2, 0.25) is 5.91 Å². The van der Waals surface area contributed by atoms with Gasteiger partial charge in [0.05, 0.1) is 12.4 Å². The Morgan fingerprint density at radius 3 is 2.14 bits per heavy atom. The van der Waals surface area contributed by atoms with Crippen molar-refractivity contribution < 1.29 is 14.3 Å². The minimum Gasteiger partial charge on any atom is -0.494 e. The van der Waals surface area contributed by atoms with Crippen LogP contribution < -0.4 is 14.8 Å². The second-order valence-electron chi connectivity index (χ2n) is 7.25. The number of anilines is 1. The molecule has 0 aliphatic carbocycles. The number of carbonyl (C=O) groups is 1. The largest absolute Gasteiger partial charge is 0.494 e. The third-order valence-electron chi connectivity index (χ3n) is 4.75. The number of rotatable bonds is 10. The number of hydrogen-bond donors (Lipinski definition) is 1. The second kappa shape index (κ2) is 12.0. The lowest BCUT2D eigenvalue weighted by atomic mass is 10.3. The maximum atomic E-state index is 12.5. The Kier molecular flexibility index (Phi) is 8.52. The van der Waals surface area contributed by atoms with E-state index in [9.17, 15) is 4.79 Å². The second-order valence-corrected chi connectivity index (χ2v) is 9.06. The number of ether oxygens (including phenoxy) is 2. The Hall–Kier alpha value is -3.20. The molecule has 0 unspecified atom stereocenters. The number of amides is 1. The first-order valence-corrected chi connectivity index (χ1v) is 12.5. The summed E-state index contributed by atoms with van der Waals surface area (Å²) in [5.74, 6) is 1.99. The van der Waals surface area contributed by atoms with Crippen molar-refractivity contribution in [3.8, 4) is 17.2 Å². The number of benzene rings is 3. The minimum absolute atomic E-state index is 0.149. The standard InChI is InChI=1S/C25H22Cl2N4O3S/c1-2-33-21-13-9-20(10-14-21)31-23(15-34-22-11-5-18(27)6-12-22)29-30-25(31)35-16-24(32)28-19-7-3-17(26)4-8-19/h3-14H,2,15-16H2,1H3,(H,28,32). The molecule has 1 aromatic heterocycles. The summed E-state index contributed by atoms with van der Waals surface area (Å²) in [6.07, 6.45) is 0. The predicted octanol–water partition coefficient (Wildman–Crippen LogP) is 6.28. The van der Waals surface area contributed by atoms with Gasteiger partial charge in [-0.1, -0.05) is 35.0 Å². The van der Waals surface area contributed by atoms with Crippen LogP contribution in [0, 0.1) is 0 Å². The van der Waals surface area contributed by atoms with Crippen molar-refractivity contribution in [1.82, 2.24) is 14.8 Å². The molecule has 0 saturated carbocycles. The van der Waals surface area contributed by atoms with Crippen LogP contribution >= 0.6 is 35.0 Å². The van der Waals surface area contributed by atoms with Gasteiger partial charge in [-0.25, -0.2) is 0 Å². The number of nitrogens with zero attached hydrogens (tertiary/aromatic N) is 3. The molecule has 1 heterocycles. The summed E-state index contributed by atoms with van der Waals surface area (Å²) in [7, 11) is 0. The molecular weight excluding hydrogens is 507 g/mol. The molecule has 4 aromatic rings. The van der Waals surface area contributed by atoms with E-state index in [1.54, 1.807) is 48.5 Å². The van der Waals surface area contributed by atoms with E-state index in [1.807, 2.05) is 35.8 Å². The highest BCUT2D eigenvalue weighted by Crippen LogP contribution is 2.25. The molecule has 7 nitrogen and oxygen atoms in total. The number of aromatic nitrogens is 3. The van der Waals surface area contributed by atoms with E-state index < -0.39 is 0 Å². The van der Waals surface area contributed by atoms with Gasteiger partial charge in [-0.3, -0.25) is 9.36 Å². The van der Waals surface area contributed by atoms with E-state index in [2.05, 4.69) is 15.5 Å². The topological polar surface area (TPSA) is 78.3 Å². The van der Waals surface area contributed by atoms with Crippen molar-refractivity contribution in [3.05, 3.63) is 88.7 Å². The van der Waals surface area contributed by atoms with Gasteiger partial charge in [0.15, 0.2) is 11.0 Å². The van der Waals surface area contributed by atoms with Crippen molar-refractivity contribution in [2.45, 2.75) is 18.7 Å². The molecule has 10 heteroatoms. The molecule has 3 aromatic carbocycles. The first-order chi connectivity index (χ1) is 17.0. The molecule has 0 aliphatic rings. The van der Waals surface area contributed by atoms with E-state index in [-0.39, 0.29) is 18.3 Å². The van der Waals surface area contributed by atoms with Crippen molar-refractivity contribution >= 4 is 46.6 Å². The fraction of sp³-hybridized carbons (Fsp3) is 0.160. The average molecular weight is 529 g/mol. The maximum Gasteiger partial charge on any atom is 0.234 e. The lowest BCUT2D eigenvalue weighted by molar-refractivity contribution is -0.113. The number of carbonyl (C=O) groups excluding carboxylic acids is 1. The maximum absolute atomic E-state index is 12.5. The molecule has 1 amide bonds. The summed E-state index contributed by atoms with van der Waals surface area (Å²) in [4.78, 5) is 12.5. The van der Waals surface area contributed by atoms with E-state index in [0.717, 1.165) is 11.4 Å². The van der Waals surface area contributed by atoms with E-state index in [4.69, 9.17) is 32.7 Å². The molecule has 1 N–H and O–H groups in total. The molecule has 0 spiro atoms. The number of halogens is 2. The van der Waals surface area contributed by atoms with Crippen LogP contribution in [0.25, 0.3) is 5.69 Å². The summed E-state index contributed by atoms with van der Waals surface area (Å²) < 4.78 is 13.3. The summed E-state index contributed by atoms with van der Waals surface area (Å²) in [6.45, 7) is 2.69. The third kappa shape index (κ3) is 6.91. The molecule has 0 radical (unpaired) electrons. The summed E-state index contributed by atoms with van der Waals surface area (Å²) >= 11 is 13.1. The Morgan fingerprint density at radius 2 is 1.49 bits per heavy atom. The fourth-order valence-corrected chi connectivity index (χ4v) is 4.17. The third-order valence-corrected chi connectivity index (χ3v) is 6.18.